The molecule has 0 atom stereocenters. The fourth-order valence-electron chi connectivity index (χ4n) is 5.04. The molecular formula is C21H29N7O2. The number of imide groups is 1. The Morgan fingerprint density at radius 3 is 2.53 bits per heavy atom. The molecule has 2 N–H and O–H groups in total. The van der Waals surface area contributed by atoms with E-state index in [0.717, 1.165) is 63.0 Å². The van der Waals surface area contributed by atoms with E-state index in [0.29, 0.717) is 24.8 Å². The van der Waals surface area contributed by atoms with E-state index < -0.39 is 6.03 Å². The number of aryl methyl sites for hydroxylation is 1. The lowest BCUT2D eigenvalue weighted by atomic mass is 10.0. The normalized spacial score (nSPS) is 22.0. The molecule has 0 saturated carbocycles. The van der Waals surface area contributed by atoms with Crippen LogP contribution in [0.25, 0.3) is 10.9 Å². The molecule has 9 heteroatoms. The van der Waals surface area contributed by atoms with Crippen molar-refractivity contribution in [1.82, 2.24) is 25.3 Å². The summed E-state index contributed by atoms with van der Waals surface area (Å²) in [6, 6.07) is 6.47. The Labute approximate surface area is 176 Å². The number of fused-ring (bicyclic) bond motifs is 1. The summed E-state index contributed by atoms with van der Waals surface area (Å²) in [5.74, 6) is 0.389. The van der Waals surface area contributed by atoms with Crippen LogP contribution in [-0.2, 0) is 11.8 Å². The van der Waals surface area contributed by atoms with Crippen LogP contribution in [0.15, 0.2) is 18.2 Å². The minimum atomic E-state index is -0.395. The number of rotatable bonds is 3. The average Bonchev–Trinajstić information content (AvgIpc) is 3.11. The molecule has 2 aromatic rings. The molecule has 30 heavy (non-hydrogen) atoms. The molecule has 5 rings (SSSR count). The number of benzene rings is 1. The van der Waals surface area contributed by atoms with E-state index in [1.165, 1.54) is 5.69 Å². The number of amides is 3. The summed E-state index contributed by atoms with van der Waals surface area (Å²) in [6.07, 6.45) is 2.62. The highest BCUT2D eigenvalue weighted by Gasteiger charge is 2.30. The van der Waals surface area contributed by atoms with Gasteiger partial charge in [-0.2, -0.15) is 5.10 Å². The van der Waals surface area contributed by atoms with Crippen molar-refractivity contribution in [1.29, 1.82) is 0 Å². The maximum Gasteiger partial charge on any atom is 0.329 e. The monoisotopic (exact) mass is 411 g/mol. The lowest BCUT2D eigenvalue weighted by Gasteiger charge is -2.41. The van der Waals surface area contributed by atoms with E-state index in [2.05, 4.69) is 31.6 Å². The fourth-order valence-corrected chi connectivity index (χ4v) is 5.04. The molecule has 0 bridgehead atoms. The molecule has 1 aromatic carbocycles. The van der Waals surface area contributed by atoms with Crippen molar-refractivity contribution in [3.8, 4) is 0 Å². The summed E-state index contributed by atoms with van der Waals surface area (Å²) < 4.78 is 1.87. The van der Waals surface area contributed by atoms with Gasteiger partial charge in [-0.15, -0.1) is 0 Å². The second-order valence-electron chi connectivity index (χ2n) is 8.38. The van der Waals surface area contributed by atoms with Crippen LogP contribution in [0.4, 0.5) is 16.3 Å². The Balaban J connectivity index is 1.39. The van der Waals surface area contributed by atoms with Crippen molar-refractivity contribution in [2.45, 2.75) is 25.3 Å². The molecule has 4 heterocycles. The Morgan fingerprint density at radius 2 is 1.80 bits per heavy atom. The first-order valence-electron chi connectivity index (χ1n) is 10.9. The van der Waals surface area contributed by atoms with Crippen LogP contribution >= 0.6 is 0 Å². The van der Waals surface area contributed by atoms with Crippen LogP contribution in [0.1, 0.15) is 19.3 Å². The van der Waals surface area contributed by atoms with E-state index in [1.807, 2.05) is 23.9 Å². The SMILES string of the molecule is Cn1nc(N2CCC(=O)NC2=O)c2cccc(N3CCC(N4CCNCC4)CC3)c21. The van der Waals surface area contributed by atoms with Crippen molar-refractivity contribution in [2.24, 2.45) is 7.05 Å². The smallest absolute Gasteiger partial charge is 0.329 e. The van der Waals surface area contributed by atoms with Crippen LogP contribution in [-0.4, -0.2) is 78.5 Å². The van der Waals surface area contributed by atoms with Gasteiger partial charge in [-0.1, -0.05) is 6.07 Å². The molecule has 3 saturated heterocycles. The maximum atomic E-state index is 12.4. The molecule has 0 aliphatic carbocycles. The van der Waals surface area contributed by atoms with E-state index in [-0.39, 0.29) is 5.91 Å². The van der Waals surface area contributed by atoms with Gasteiger partial charge in [-0.3, -0.25) is 24.6 Å². The summed E-state index contributed by atoms with van der Waals surface area (Å²) in [7, 11) is 1.93. The van der Waals surface area contributed by atoms with Gasteiger partial charge in [-0.25, -0.2) is 4.79 Å². The van der Waals surface area contributed by atoms with Crippen LogP contribution < -0.4 is 20.4 Å². The first-order chi connectivity index (χ1) is 14.6. The highest BCUT2D eigenvalue weighted by atomic mass is 16.2. The number of carbonyl (C=O) groups is 2. The Hall–Kier alpha value is -2.65. The summed E-state index contributed by atoms with van der Waals surface area (Å²) >= 11 is 0. The molecule has 3 aliphatic rings. The molecule has 3 amide bonds. The third-order valence-corrected chi connectivity index (χ3v) is 6.61. The summed E-state index contributed by atoms with van der Waals surface area (Å²) in [5, 5.41) is 11.4. The summed E-state index contributed by atoms with van der Waals surface area (Å²) in [5.41, 5.74) is 2.21. The number of piperazine rings is 1. The number of hydrogen-bond acceptors (Lipinski definition) is 6. The van der Waals surface area contributed by atoms with Crippen molar-refractivity contribution in [2.75, 3.05) is 55.6 Å². The van der Waals surface area contributed by atoms with Crippen molar-refractivity contribution >= 4 is 34.3 Å². The summed E-state index contributed by atoms with van der Waals surface area (Å²) in [6.45, 7) is 6.87. The van der Waals surface area contributed by atoms with Crippen LogP contribution in [0.2, 0.25) is 0 Å². The van der Waals surface area contributed by atoms with E-state index in [4.69, 9.17) is 0 Å². The fraction of sp³-hybridized carbons (Fsp3) is 0.571. The van der Waals surface area contributed by atoms with Gasteiger partial charge in [0, 0.05) is 70.7 Å². The number of nitrogens with one attached hydrogen (secondary N) is 2. The lowest BCUT2D eigenvalue weighted by Crippen LogP contribution is -2.52. The summed E-state index contributed by atoms with van der Waals surface area (Å²) in [4.78, 5) is 30.5. The third kappa shape index (κ3) is 3.41. The number of para-hydroxylation sites is 1. The topological polar surface area (TPSA) is 85.7 Å². The first-order valence-corrected chi connectivity index (χ1v) is 10.9. The Morgan fingerprint density at radius 1 is 1.03 bits per heavy atom. The number of carbonyl (C=O) groups excluding carboxylic acids is 2. The van der Waals surface area contributed by atoms with E-state index in [9.17, 15) is 9.59 Å². The molecular weight excluding hydrogens is 382 g/mol. The van der Waals surface area contributed by atoms with Crippen molar-refractivity contribution < 1.29 is 9.59 Å². The first kappa shape index (κ1) is 19.3. The van der Waals surface area contributed by atoms with E-state index in [1.54, 1.807) is 4.90 Å². The molecule has 0 radical (unpaired) electrons. The van der Waals surface area contributed by atoms with Gasteiger partial charge in [-0.05, 0) is 25.0 Å². The number of aromatic nitrogens is 2. The second kappa shape index (κ2) is 7.88. The van der Waals surface area contributed by atoms with Crippen molar-refractivity contribution in [3.05, 3.63) is 18.2 Å². The van der Waals surface area contributed by atoms with Gasteiger partial charge in [0.1, 0.15) is 0 Å². The van der Waals surface area contributed by atoms with Gasteiger partial charge in [0.25, 0.3) is 0 Å². The zero-order valence-corrected chi connectivity index (χ0v) is 17.4. The van der Waals surface area contributed by atoms with Crippen LogP contribution in [0, 0.1) is 0 Å². The van der Waals surface area contributed by atoms with Gasteiger partial charge < -0.3 is 10.2 Å². The minimum Gasteiger partial charge on any atom is -0.370 e. The zero-order chi connectivity index (χ0) is 20.7. The molecule has 0 spiro atoms. The largest absolute Gasteiger partial charge is 0.370 e. The van der Waals surface area contributed by atoms with Gasteiger partial charge >= 0.3 is 6.03 Å². The Bertz CT molecular complexity index is 958. The van der Waals surface area contributed by atoms with Crippen LogP contribution in [0.3, 0.4) is 0 Å². The number of nitrogens with zero attached hydrogens (tertiary/aromatic N) is 5. The molecule has 1 aromatic heterocycles. The maximum absolute atomic E-state index is 12.4. The zero-order valence-electron chi connectivity index (χ0n) is 17.4. The number of urea groups is 1. The Kier molecular flexibility index (Phi) is 5.08. The molecule has 0 unspecified atom stereocenters. The molecule has 9 nitrogen and oxygen atoms in total. The molecule has 3 fully saturated rings. The quantitative estimate of drug-likeness (QED) is 0.781. The van der Waals surface area contributed by atoms with Gasteiger partial charge in [0.2, 0.25) is 5.91 Å². The number of piperidine rings is 1. The van der Waals surface area contributed by atoms with Crippen LogP contribution in [0.5, 0.6) is 0 Å². The molecule has 160 valence electrons. The number of hydrogen-bond donors (Lipinski definition) is 2. The van der Waals surface area contributed by atoms with Crippen molar-refractivity contribution in [3.63, 3.8) is 0 Å². The predicted octanol–water partition coefficient (Wildman–Crippen LogP) is 0.894. The highest BCUT2D eigenvalue weighted by Crippen LogP contribution is 2.35. The van der Waals surface area contributed by atoms with Gasteiger partial charge in [0.05, 0.1) is 11.2 Å². The minimum absolute atomic E-state index is 0.232. The average molecular weight is 412 g/mol. The standard InChI is InChI=1S/C21H29N7O2/c1-25-19-16(20(24-25)28-12-7-18(29)23-21(28)30)3-2-4-17(19)27-10-5-15(6-11-27)26-13-8-22-9-14-26/h2-4,15,22H,5-14H2,1H3,(H,23,29,30). The number of anilines is 2. The van der Waals surface area contributed by atoms with E-state index >= 15 is 0 Å². The highest BCUT2D eigenvalue weighted by molar-refractivity contribution is 6.10. The molecule has 3 aliphatic heterocycles. The third-order valence-electron chi connectivity index (χ3n) is 6.61. The second-order valence-corrected chi connectivity index (χ2v) is 8.38. The lowest BCUT2D eigenvalue weighted by molar-refractivity contribution is -0.120. The van der Waals surface area contributed by atoms with Gasteiger partial charge in [0.15, 0.2) is 5.82 Å². The predicted molar refractivity (Wildman–Crippen MR) is 116 cm³/mol.